The number of anilines is 1. The lowest BCUT2D eigenvalue weighted by molar-refractivity contribution is -0.0627. The molecule has 142 valence electrons. The Kier molecular flexibility index (Phi) is 4.41. The van der Waals surface area contributed by atoms with Crippen LogP contribution in [0, 0.1) is 0 Å². The van der Waals surface area contributed by atoms with Gasteiger partial charge < -0.3 is 24.0 Å². The van der Waals surface area contributed by atoms with Gasteiger partial charge >= 0.3 is 8.60 Å². The SMILES string of the molecule is CC(C)OP1OCC2OC(n3cnc4c(=O)[nH]c(N)nc43)C(F)(Cl)C2O1. The molecule has 0 spiro atoms. The van der Waals surface area contributed by atoms with Gasteiger partial charge in [0.05, 0.1) is 19.0 Å². The monoisotopic (exact) mass is 407 g/mol. The van der Waals surface area contributed by atoms with E-state index >= 15 is 4.39 Å². The molecule has 2 aromatic rings. The van der Waals surface area contributed by atoms with Crippen molar-refractivity contribution in [1.29, 1.82) is 0 Å². The Hall–Kier alpha value is -1.36. The van der Waals surface area contributed by atoms with Crippen LogP contribution in [0.1, 0.15) is 20.1 Å². The van der Waals surface area contributed by atoms with Crippen molar-refractivity contribution in [3.8, 4) is 0 Å². The van der Waals surface area contributed by atoms with Gasteiger partial charge in [-0.2, -0.15) is 4.98 Å². The van der Waals surface area contributed by atoms with Gasteiger partial charge in [0.25, 0.3) is 10.7 Å². The second kappa shape index (κ2) is 6.36. The molecule has 0 aromatic carbocycles. The first kappa shape index (κ1) is 18.0. The van der Waals surface area contributed by atoms with Gasteiger partial charge in [-0.05, 0) is 13.8 Å². The molecule has 13 heteroatoms. The van der Waals surface area contributed by atoms with Crippen LogP contribution in [0.2, 0.25) is 0 Å². The Morgan fingerprint density at radius 1 is 1.62 bits per heavy atom. The van der Waals surface area contributed by atoms with Gasteiger partial charge in [-0.15, -0.1) is 0 Å². The summed E-state index contributed by atoms with van der Waals surface area (Å²) in [5.74, 6) is -0.132. The first-order chi connectivity index (χ1) is 12.3. The Bertz CT molecular complexity index is 891. The molecule has 0 aliphatic carbocycles. The highest BCUT2D eigenvalue weighted by molar-refractivity contribution is 7.41. The molecule has 2 fully saturated rings. The number of nitrogen functional groups attached to an aromatic ring is 1. The molecular formula is C13H16ClFN5O5P. The summed E-state index contributed by atoms with van der Waals surface area (Å²) in [6, 6.07) is 0. The number of nitrogens with one attached hydrogen (secondary N) is 1. The van der Waals surface area contributed by atoms with Gasteiger partial charge in [-0.3, -0.25) is 14.3 Å². The molecule has 2 aliphatic rings. The average molecular weight is 408 g/mol. The smallest absolute Gasteiger partial charge is 0.333 e. The van der Waals surface area contributed by atoms with E-state index in [4.69, 9.17) is 35.6 Å². The van der Waals surface area contributed by atoms with Gasteiger partial charge in [0, 0.05) is 0 Å². The molecule has 4 rings (SSSR count). The van der Waals surface area contributed by atoms with E-state index < -0.39 is 37.7 Å². The van der Waals surface area contributed by atoms with Crippen LogP contribution in [0.4, 0.5) is 10.3 Å². The summed E-state index contributed by atoms with van der Waals surface area (Å²) >= 11 is 6.17. The second-order valence-electron chi connectivity index (χ2n) is 6.18. The Balaban J connectivity index is 1.68. The summed E-state index contributed by atoms with van der Waals surface area (Å²) in [7, 11) is -1.74. The molecule has 4 heterocycles. The fraction of sp³-hybridized carbons (Fsp3) is 0.615. The number of ether oxygens (including phenoxy) is 1. The largest absolute Gasteiger partial charge is 0.369 e. The van der Waals surface area contributed by atoms with Crippen LogP contribution in [-0.4, -0.2) is 49.6 Å². The zero-order chi connectivity index (χ0) is 18.6. The minimum absolute atomic E-state index is 0.00676. The van der Waals surface area contributed by atoms with Crippen LogP contribution >= 0.6 is 20.2 Å². The lowest BCUT2D eigenvalue weighted by Gasteiger charge is -2.32. The van der Waals surface area contributed by atoms with Crippen molar-refractivity contribution in [2.45, 2.75) is 43.5 Å². The molecule has 2 aliphatic heterocycles. The van der Waals surface area contributed by atoms with Crippen molar-refractivity contribution in [2.75, 3.05) is 12.3 Å². The van der Waals surface area contributed by atoms with Crippen molar-refractivity contribution in [3.63, 3.8) is 0 Å². The molecule has 2 aromatic heterocycles. The van der Waals surface area contributed by atoms with E-state index in [-0.39, 0.29) is 29.8 Å². The molecule has 3 N–H and O–H groups in total. The van der Waals surface area contributed by atoms with E-state index in [0.29, 0.717) is 0 Å². The summed E-state index contributed by atoms with van der Waals surface area (Å²) in [5.41, 5.74) is 5.07. The number of nitrogens with two attached hydrogens (primary N) is 1. The van der Waals surface area contributed by atoms with Gasteiger partial charge in [-0.25, -0.2) is 9.37 Å². The molecule has 26 heavy (non-hydrogen) atoms. The van der Waals surface area contributed by atoms with Gasteiger partial charge in [-0.1, -0.05) is 11.6 Å². The lowest BCUT2D eigenvalue weighted by Crippen LogP contribution is -2.42. The second-order valence-corrected chi connectivity index (χ2v) is 7.88. The number of fused-ring (bicyclic) bond motifs is 2. The van der Waals surface area contributed by atoms with Crippen LogP contribution in [0.3, 0.4) is 0 Å². The minimum Gasteiger partial charge on any atom is -0.369 e. The van der Waals surface area contributed by atoms with Crippen LogP contribution < -0.4 is 11.3 Å². The summed E-state index contributed by atoms with van der Waals surface area (Å²) in [6.07, 6.45) is -2.15. The zero-order valence-electron chi connectivity index (χ0n) is 13.8. The Morgan fingerprint density at radius 3 is 3.12 bits per heavy atom. The predicted octanol–water partition coefficient (Wildman–Crippen LogP) is 1.57. The minimum atomic E-state index is -2.46. The quantitative estimate of drug-likeness (QED) is 0.580. The third-order valence-corrected chi connectivity index (χ3v) is 5.65. The number of nitrogens with zero attached hydrogens (tertiary/aromatic N) is 3. The van der Waals surface area contributed by atoms with Crippen molar-refractivity contribution >= 4 is 37.3 Å². The summed E-state index contributed by atoms with van der Waals surface area (Å²) in [5, 5.41) is -2.46. The number of alkyl halides is 2. The van der Waals surface area contributed by atoms with Crippen LogP contribution in [0.25, 0.3) is 11.2 Å². The number of aromatic amines is 1. The summed E-state index contributed by atoms with van der Waals surface area (Å²) < 4.78 is 38.8. The number of halogens is 2. The third kappa shape index (κ3) is 2.88. The highest BCUT2D eigenvalue weighted by Crippen LogP contribution is 2.56. The maximum absolute atomic E-state index is 15.4. The number of aromatic nitrogens is 4. The molecule has 0 saturated carbocycles. The predicted molar refractivity (Wildman–Crippen MR) is 90.1 cm³/mol. The highest BCUT2D eigenvalue weighted by Gasteiger charge is 2.62. The summed E-state index contributed by atoms with van der Waals surface area (Å²) in [4.78, 5) is 22.2. The maximum Gasteiger partial charge on any atom is 0.333 e. The molecule has 0 radical (unpaired) electrons. The molecule has 10 nitrogen and oxygen atoms in total. The third-order valence-electron chi connectivity index (χ3n) is 3.89. The number of hydrogen-bond donors (Lipinski definition) is 2. The van der Waals surface area contributed by atoms with E-state index in [1.807, 2.05) is 13.8 Å². The van der Waals surface area contributed by atoms with E-state index in [0.717, 1.165) is 0 Å². The highest BCUT2D eigenvalue weighted by atomic mass is 35.5. The average Bonchev–Trinajstić information content (AvgIpc) is 3.06. The summed E-state index contributed by atoms with van der Waals surface area (Å²) in [6.45, 7) is 3.67. The fourth-order valence-electron chi connectivity index (χ4n) is 2.83. The molecule has 5 unspecified atom stereocenters. The van der Waals surface area contributed by atoms with Gasteiger partial charge in [0.2, 0.25) is 5.95 Å². The van der Waals surface area contributed by atoms with E-state index in [9.17, 15) is 4.79 Å². The molecule has 2 saturated heterocycles. The van der Waals surface area contributed by atoms with E-state index in [2.05, 4.69) is 15.0 Å². The molecule has 0 bridgehead atoms. The molecular weight excluding hydrogens is 392 g/mol. The first-order valence-electron chi connectivity index (χ1n) is 7.79. The Morgan fingerprint density at radius 2 is 2.38 bits per heavy atom. The molecule has 0 amide bonds. The topological polar surface area (TPSA) is 127 Å². The first-order valence-corrected chi connectivity index (χ1v) is 9.27. The van der Waals surface area contributed by atoms with Crippen molar-refractivity contribution in [1.82, 2.24) is 19.5 Å². The maximum atomic E-state index is 15.4. The fourth-order valence-corrected chi connectivity index (χ4v) is 4.49. The standard InChI is InChI=1S/C13H16ClFN5O5P/c1-5(2)24-26-22-3-6-8(25-26)13(14,15)11(23-6)20-4-17-7-9(20)18-12(16)19-10(7)21/h4-6,8,11H,3H2,1-2H3,(H3,16,18,19,21). The normalized spacial score (nSPS) is 34.5. The van der Waals surface area contributed by atoms with Crippen molar-refractivity contribution < 1.29 is 22.7 Å². The number of hydrogen-bond acceptors (Lipinski definition) is 8. The van der Waals surface area contributed by atoms with E-state index in [1.165, 1.54) is 10.9 Å². The van der Waals surface area contributed by atoms with Crippen LogP contribution in [-0.2, 0) is 18.3 Å². The number of rotatable bonds is 3. The number of H-pyrrole nitrogens is 1. The van der Waals surface area contributed by atoms with Crippen LogP contribution in [0.15, 0.2) is 11.1 Å². The van der Waals surface area contributed by atoms with Crippen LogP contribution in [0.5, 0.6) is 0 Å². The zero-order valence-corrected chi connectivity index (χ0v) is 15.4. The Labute approximate surface area is 152 Å². The number of imidazole rings is 1. The molecule has 5 atom stereocenters. The van der Waals surface area contributed by atoms with Crippen molar-refractivity contribution in [3.05, 3.63) is 16.7 Å². The van der Waals surface area contributed by atoms with Gasteiger partial charge in [0.1, 0.15) is 12.2 Å². The van der Waals surface area contributed by atoms with Gasteiger partial charge in [0.15, 0.2) is 17.4 Å². The lowest BCUT2D eigenvalue weighted by atomic mass is 10.1. The van der Waals surface area contributed by atoms with E-state index in [1.54, 1.807) is 0 Å². The van der Waals surface area contributed by atoms with Crippen molar-refractivity contribution in [2.24, 2.45) is 0 Å².